The summed E-state index contributed by atoms with van der Waals surface area (Å²) in [5.74, 6) is 0.697. The Bertz CT molecular complexity index is 1310. The molecule has 1 aliphatic carbocycles. The summed E-state index contributed by atoms with van der Waals surface area (Å²) in [5.41, 5.74) is 4.97. The first-order chi connectivity index (χ1) is 17.7. The van der Waals surface area contributed by atoms with Gasteiger partial charge < -0.3 is 9.67 Å². The average molecular weight is 484 g/mol. The number of aryl methyl sites for hydroxylation is 1. The average Bonchev–Trinajstić information content (AvgIpc) is 3.70. The Morgan fingerprint density at radius 3 is 2.53 bits per heavy atom. The van der Waals surface area contributed by atoms with Gasteiger partial charge in [-0.25, -0.2) is 15.0 Å². The Labute approximate surface area is 211 Å². The summed E-state index contributed by atoms with van der Waals surface area (Å²) in [6.45, 7) is 1.40. The van der Waals surface area contributed by atoms with Crippen molar-refractivity contribution in [2.45, 2.75) is 56.7 Å². The second-order valence-corrected chi connectivity index (χ2v) is 10.2. The SMILES string of the molecule is Cn1cc(-c2cccc(-c3ncc(-c4cn(C5CCCC(N6CCCC6CO)C5)cn4)cn3)c2)cn1. The van der Waals surface area contributed by atoms with Crippen LogP contribution in [0.3, 0.4) is 0 Å². The lowest BCUT2D eigenvalue weighted by molar-refractivity contribution is 0.0847. The van der Waals surface area contributed by atoms with Crippen molar-refractivity contribution in [2.75, 3.05) is 13.2 Å². The number of aliphatic hydroxyl groups is 1. The number of rotatable bonds is 6. The van der Waals surface area contributed by atoms with Gasteiger partial charge in [-0.1, -0.05) is 18.2 Å². The first-order valence-electron chi connectivity index (χ1n) is 13.0. The summed E-state index contributed by atoms with van der Waals surface area (Å²) in [4.78, 5) is 16.6. The Morgan fingerprint density at radius 2 is 1.72 bits per heavy atom. The molecule has 0 amide bonds. The van der Waals surface area contributed by atoms with Crippen LogP contribution >= 0.6 is 0 Å². The zero-order valence-electron chi connectivity index (χ0n) is 20.7. The molecule has 6 rings (SSSR count). The van der Waals surface area contributed by atoms with E-state index in [4.69, 9.17) is 4.98 Å². The predicted molar refractivity (Wildman–Crippen MR) is 139 cm³/mol. The van der Waals surface area contributed by atoms with Gasteiger partial charge in [0.2, 0.25) is 0 Å². The maximum absolute atomic E-state index is 9.77. The van der Waals surface area contributed by atoms with Crippen molar-refractivity contribution in [3.05, 3.63) is 61.6 Å². The van der Waals surface area contributed by atoms with Crippen LogP contribution in [0.1, 0.15) is 44.6 Å². The zero-order chi connectivity index (χ0) is 24.5. The molecule has 2 fully saturated rings. The number of hydrogen-bond donors (Lipinski definition) is 1. The molecule has 4 aromatic rings. The van der Waals surface area contributed by atoms with Crippen molar-refractivity contribution in [3.8, 4) is 33.8 Å². The second kappa shape index (κ2) is 9.95. The van der Waals surface area contributed by atoms with Crippen LogP contribution < -0.4 is 0 Å². The lowest BCUT2D eigenvalue weighted by Gasteiger charge is -2.38. The molecule has 8 nitrogen and oxygen atoms in total. The molecule has 0 bridgehead atoms. The van der Waals surface area contributed by atoms with Crippen molar-refractivity contribution >= 4 is 0 Å². The molecule has 8 heteroatoms. The van der Waals surface area contributed by atoms with Crippen molar-refractivity contribution < 1.29 is 5.11 Å². The van der Waals surface area contributed by atoms with Gasteiger partial charge in [0, 0.05) is 66.7 Å². The predicted octanol–water partition coefficient (Wildman–Crippen LogP) is 4.35. The third kappa shape index (κ3) is 4.58. The molecule has 3 aromatic heterocycles. The molecule has 36 heavy (non-hydrogen) atoms. The number of nitrogens with zero attached hydrogens (tertiary/aromatic N) is 7. The van der Waals surface area contributed by atoms with Gasteiger partial charge in [-0.3, -0.25) is 9.58 Å². The van der Waals surface area contributed by atoms with Gasteiger partial charge in [0.1, 0.15) is 0 Å². The van der Waals surface area contributed by atoms with E-state index in [1.165, 1.54) is 25.7 Å². The molecule has 3 atom stereocenters. The molecular weight excluding hydrogens is 450 g/mol. The van der Waals surface area contributed by atoms with Crippen molar-refractivity contribution in [3.63, 3.8) is 0 Å². The van der Waals surface area contributed by atoms with E-state index < -0.39 is 0 Å². The van der Waals surface area contributed by atoms with Crippen LogP contribution in [-0.2, 0) is 7.05 Å². The minimum absolute atomic E-state index is 0.278. The van der Waals surface area contributed by atoms with Gasteiger partial charge in [0.05, 0.1) is 24.8 Å². The van der Waals surface area contributed by atoms with Gasteiger partial charge >= 0.3 is 0 Å². The molecule has 1 saturated heterocycles. The summed E-state index contributed by atoms with van der Waals surface area (Å²) in [6.07, 6.45) is 18.8. The van der Waals surface area contributed by atoms with Crippen LogP contribution in [0.15, 0.2) is 61.6 Å². The molecule has 0 radical (unpaired) electrons. The lowest BCUT2D eigenvalue weighted by atomic mass is 9.89. The third-order valence-electron chi connectivity index (χ3n) is 7.85. The van der Waals surface area contributed by atoms with E-state index >= 15 is 0 Å². The largest absolute Gasteiger partial charge is 0.395 e. The fourth-order valence-electron chi connectivity index (χ4n) is 5.95. The van der Waals surface area contributed by atoms with Crippen LogP contribution in [0.2, 0.25) is 0 Å². The van der Waals surface area contributed by atoms with Crippen LogP contribution in [-0.4, -0.2) is 64.5 Å². The molecule has 0 spiro atoms. The van der Waals surface area contributed by atoms with Gasteiger partial charge in [-0.2, -0.15) is 5.10 Å². The highest BCUT2D eigenvalue weighted by atomic mass is 16.3. The van der Waals surface area contributed by atoms with Gasteiger partial charge in [-0.15, -0.1) is 0 Å². The molecule has 1 N–H and O–H groups in total. The third-order valence-corrected chi connectivity index (χ3v) is 7.85. The summed E-state index contributed by atoms with van der Waals surface area (Å²) >= 11 is 0. The molecule has 186 valence electrons. The van der Waals surface area contributed by atoms with E-state index in [0.29, 0.717) is 23.9 Å². The van der Waals surface area contributed by atoms with Crippen LogP contribution in [0.5, 0.6) is 0 Å². The molecule has 1 saturated carbocycles. The molecule has 4 heterocycles. The van der Waals surface area contributed by atoms with Crippen molar-refractivity contribution in [1.29, 1.82) is 0 Å². The highest BCUT2D eigenvalue weighted by molar-refractivity contribution is 5.69. The number of imidazole rings is 1. The van der Waals surface area contributed by atoms with Crippen molar-refractivity contribution in [1.82, 2.24) is 34.2 Å². The number of hydrogen-bond acceptors (Lipinski definition) is 6. The quantitative estimate of drug-likeness (QED) is 0.439. The highest BCUT2D eigenvalue weighted by Crippen LogP contribution is 2.35. The first kappa shape index (κ1) is 23.1. The van der Waals surface area contributed by atoms with E-state index in [-0.39, 0.29) is 6.61 Å². The molecule has 3 unspecified atom stereocenters. The van der Waals surface area contributed by atoms with E-state index in [1.807, 2.05) is 50.3 Å². The summed E-state index contributed by atoms with van der Waals surface area (Å²) < 4.78 is 4.08. The zero-order valence-corrected chi connectivity index (χ0v) is 20.7. The Kier molecular flexibility index (Phi) is 6.37. The van der Waals surface area contributed by atoms with E-state index in [9.17, 15) is 5.11 Å². The van der Waals surface area contributed by atoms with Crippen LogP contribution in [0.25, 0.3) is 33.8 Å². The summed E-state index contributed by atoms with van der Waals surface area (Å²) in [7, 11) is 1.92. The number of aliphatic hydroxyl groups excluding tert-OH is 1. The van der Waals surface area contributed by atoms with Gasteiger partial charge in [0.15, 0.2) is 5.82 Å². The lowest BCUT2D eigenvalue weighted by Crippen LogP contribution is -2.43. The second-order valence-electron chi connectivity index (χ2n) is 10.2. The van der Waals surface area contributed by atoms with E-state index in [0.717, 1.165) is 47.3 Å². The minimum Gasteiger partial charge on any atom is -0.395 e. The van der Waals surface area contributed by atoms with Crippen LogP contribution in [0.4, 0.5) is 0 Å². The fourth-order valence-corrected chi connectivity index (χ4v) is 5.95. The van der Waals surface area contributed by atoms with Gasteiger partial charge in [0.25, 0.3) is 0 Å². The highest BCUT2D eigenvalue weighted by Gasteiger charge is 2.34. The topological polar surface area (TPSA) is 84.9 Å². The molecular formula is C28H33N7O. The summed E-state index contributed by atoms with van der Waals surface area (Å²) in [5, 5.41) is 14.0. The smallest absolute Gasteiger partial charge is 0.159 e. The summed E-state index contributed by atoms with van der Waals surface area (Å²) in [6, 6.07) is 9.57. The van der Waals surface area contributed by atoms with Crippen molar-refractivity contribution in [2.24, 2.45) is 7.05 Å². The minimum atomic E-state index is 0.278. The Hall–Kier alpha value is -3.36. The number of aromatic nitrogens is 6. The Morgan fingerprint density at radius 1 is 0.889 bits per heavy atom. The maximum atomic E-state index is 9.77. The first-order valence-corrected chi connectivity index (χ1v) is 13.0. The fraction of sp³-hybridized carbons (Fsp3) is 0.429. The molecule has 2 aliphatic rings. The maximum Gasteiger partial charge on any atom is 0.159 e. The van der Waals surface area contributed by atoms with Crippen LogP contribution in [0, 0.1) is 0 Å². The molecule has 1 aliphatic heterocycles. The van der Waals surface area contributed by atoms with E-state index in [2.05, 4.69) is 42.9 Å². The monoisotopic (exact) mass is 483 g/mol. The normalized spacial score (nSPS) is 22.8. The van der Waals surface area contributed by atoms with Gasteiger partial charge in [-0.05, 0) is 56.7 Å². The number of benzene rings is 1. The number of likely N-dealkylation sites (tertiary alicyclic amines) is 1. The Balaban J connectivity index is 1.16. The molecule has 1 aromatic carbocycles. The van der Waals surface area contributed by atoms with E-state index in [1.54, 1.807) is 4.68 Å². The standard InChI is InChI=1S/C28H33N7O/c1-33-16-23(15-32-33)20-5-2-6-21(11-20)28-29-13-22(14-30-28)27-17-34(19-31-27)24-7-3-8-25(12-24)35-10-4-9-26(35)18-36/h2,5-6,11,13-17,19,24-26,36H,3-4,7-10,12,18H2,1H3.